The summed E-state index contributed by atoms with van der Waals surface area (Å²) in [6.07, 6.45) is 11.1. The molecule has 2 aliphatic heterocycles. The molecule has 0 saturated carbocycles. The highest BCUT2D eigenvalue weighted by molar-refractivity contribution is 6.90. The van der Waals surface area contributed by atoms with Gasteiger partial charge >= 0.3 is 6.69 Å². The van der Waals surface area contributed by atoms with Crippen molar-refractivity contribution in [1.29, 1.82) is 0 Å². The molecule has 5 rings (SSSR count). The molecule has 0 aliphatic carbocycles. The van der Waals surface area contributed by atoms with Crippen LogP contribution in [0.1, 0.15) is 84.6 Å². The molecule has 3 aromatic carbocycles. The Morgan fingerprint density at radius 1 is 0.750 bits per heavy atom. The lowest BCUT2D eigenvalue weighted by Gasteiger charge is -2.39. The first-order valence-electron chi connectivity index (χ1n) is 16.6. The van der Waals surface area contributed by atoms with Gasteiger partial charge in [0.15, 0.2) is 0 Å². The van der Waals surface area contributed by atoms with E-state index in [-0.39, 0.29) is 5.69 Å². The summed E-state index contributed by atoms with van der Waals surface area (Å²) in [6.45, 7) is 12.9. The molecule has 2 aliphatic rings. The SMILES string of the molecule is CCCC[N+](CCCC)(CCCC)CCCC.O=[N+]([O-])c1ccc([B-]23ON=C(c4ccccc4)N2c2ccccc2O3)cc1. The summed E-state index contributed by atoms with van der Waals surface area (Å²) in [7, 11) is 0. The van der Waals surface area contributed by atoms with Gasteiger partial charge in [-0.1, -0.05) is 113 Å². The monoisotopic (exact) mass is 600 g/mol. The molecule has 0 amide bonds. The fraction of sp³-hybridized carbons (Fsp3) is 0.457. The number of nitro groups is 1. The maximum absolute atomic E-state index is 11.0. The summed E-state index contributed by atoms with van der Waals surface area (Å²) in [5.74, 6) is 1.32. The molecule has 0 aromatic heterocycles. The Kier molecular flexibility index (Phi) is 11.8. The molecule has 0 bridgehead atoms. The lowest BCUT2D eigenvalue weighted by Crippen LogP contribution is -2.64. The number of hydrogen-bond donors (Lipinski definition) is 0. The molecule has 2 heterocycles. The van der Waals surface area contributed by atoms with Crippen molar-refractivity contribution in [3.8, 4) is 5.75 Å². The van der Waals surface area contributed by atoms with Gasteiger partial charge in [0.2, 0.25) is 0 Å². The number of benzene rings is 3. The topological polar surface area (TPSA) is 77.2 Å². The third kappa shape index (κ3) is 7.44. The van der Waals surface area contributed by atoms with Crippen LogP contribution in [0.3, 0.4) is 0 Å². The van der Waals surface area contributed by atoms with Crippen LogP contribution in [0.15, 0.2) is 84.0 Å². The minimum atomic E-state index is -2.16. The summed E-state index contributed by atoms with van der Waals surface area (Å²) in [6, 6.07) is 23.5. The van der Waals surface area contributed by atoms with Crippen molar-refractivity contribution in [2.24, 2.45) is 5.16 Å². The second-order valence-electron chi connectivity index (χ2n) is 12.0. The maximum atomic E-state index is 11.0. The zero-order chi connectivity index (χ0) is 31.4. The largest absolute Gasteiger partial charge is 0.659 e. The number of anilines is 1. The van der Waals surface area contributed by atoms with Crippen LogP contribution in [-0.4, -0.2) is 48.1 Å². The van der Waals surface area contributed by atoms with Gasteiger partial charge in [0.25, 0.3) is 5.69 Å². The van der Waals surface area contributed by atoms with Gasteiger partial charge < -0.3 is 18.7 Å². The first-order valence-corrected chi connectivity index (χ1v) is 16.6. The van der Waals surface area contributed by atoms with E-state index in [4.69, 9.17) is 9.41 Å². The lowest BCUT2D eigenvalue weighted by atomic mass is 9.62. The smallest absolute Gasteiger partial charge is 0.512 e. The van der Waals surface area contributed by atoms with Crippen molar-refractivity contribution in [3.63, 3.8) is 0 Å². The molecule has 0 fully saturated rings. The van der Waals surface area contributed by atoms with E-state index in [2.05, 4.69) is 32.9 Å². The normalized spacial score (nSPS) is 16.6. The summed E-state index contributed by atoms with van der Waals surface area (Å²) in [4.78, 5) is 12.5. The molecule has 0 saturated heterocycles. The second kappa shape index (κ2) is 15.8. The molecule has 1 unspecified atom stereocenters. The Labute approximate surface area is 263 Å². The number of unbranched alkanes of at least 4 members (excludes halogenated alkanes) is 4. The van der Waals surface area contributed by atoms with E-state index in [1.165, 1.54) is 94.2 Å². The summed E-state index contributed by atoms with van der Waals surface area (Å²) in [5, 5.41) is 15.3. The van der Waals surface area contributed by atoms with E-state index in [0.29, 0.717) is 17.0 Å². The average molecular weight is 601 g/mol. The number of fused-ring (bicyclic) bond motifs is 3. The summed E-state index contributed by atoms with van der Waals surface area (Å²) < 4.78 is 13.5. The van der Waals surface area contributed by atoms with Gasteiger partial charge in [-0.15, -0.1) is 5.16 Å². The van der Waals surface area contributed by atoms with Crippen molar-refractivity contribution in [2.75, 3.05) is 31.0 Å². The Balaban J connectivity index is 0.000000227. The van der Waals surface area contributed by atoms with Crippen molar-refractivity contribution in [1.82, 2.24) is 0 Å². The number of hydrogen-bond acceptors (Lipinski definition) is 6. The summed E-state index contributed by atoms with van der Waals surface area (Å²) in [5.41, 5.74) is 2.42. The quantitative estimate of drug-likeness (QED) is 0.0764. The lowest BCUT2D eigenvalue weighted by molar-refractivity contribution is -0.929. The van der Waals surface area contributed by atoms with Crippen molar-refractivity contribution in [3.05, 3.63) is 94.5 Å². The summed E-state index contributed by atoms with van der Waals surface area (Å²) >= 11 is 0. The number of para-hydroxylation sites is 2. The Morgan fingerprint density at radius 2 is 1.27 bits per heavy atom. The molecule has 8 nitrogen and oxygen atoms in total. The highest BCUT2D eigenvalue weighted by Crippen LogP contribution is 2.44. The van der Waals surface area contributed by atoms with Gasteiger partial charge in [-0.3, -0.25) is 10.1 Å². The van der Waals surface area contributed by atoms with Crippen LogP contribution in [0, 0.1) is 10.1 Å². The Morgan fingerprint density at radius 3 is 1.80 bits per heavy atom. The minimum Gasteiger partial charge on any atom is -0.659 e. The fourth-order valence-electron chi connectivity index (χ4n) is 6.21. The number of nitro benzene ring substituents is 1. The Bertz CT molecular complexity index is 1330. The van der Waals surface area contributed by atoms with Crippen LogP contribution < -0.4 is 14.9 Å². The molecule has 236 valence electrons. The van der Waals surface area contributed by atoms with Crippen LogP contribution in [0.2, 0.25) is 0 Å². The van der Waals surface area contributed by atoms with Crippen LogP contribution in [0.4, 0.5) is 11.4 Å². The number of rotatable bonds is 15. The molecular formula is C35H49BN4O4. The van der Waals surface area contributed by atoms with Crippen molar-refractivity contribution >= 4 is 29.4 Å². The number of nitrogens with zero attached hydrogens (tertiary/aromatic N) is 4. The predicted molar refractivity (Wildman–Crippen MR) is 181 cm³/mol. The van der Waals surface area contributed by atoms with Gasteiger partial charge in [0.05, 0.1) is 36.9 Å². The van der Waals surface area contributed by atoms with E-state index in [1.54, 1.807) is 12.1 Å². The predicted octanol–water partition coefficient (Wildman–Crippen LogP) is 8.04. The zero-order valence-corrected chi connectivity index (χ0v) is 27.0. The highest BCUT2D eigenvalue weighted by Gasteiger charge is 2.52. The van der Waals surface area contributed by atoms with Gasteiger partial charge in [0, 0.05) is 23.4 Å². The van der Waals surface area contributed by atoms with Gasteiger partial charge in [-0.2, -0.15) is 0 Å². The minimum absolute atomic E-state index is 0.00945. The maximum Gasteiger partial charge on any atom is 0.512 e. The Hall–Kier alpha value is -3.85. The van der Waals surface area contributed by atoms with E-state index in [0.717, 1.165) is 11.3 Å². The molecule has 3 aromatic rings. The standard InChI is InChI=1S/C19H13BN3O4.C16H36N/c24-23(25)16-12-10-15(11-13-16)20-22(17-8-4-5-9-18(17)26-20)19(21-27-20)14-6-2-1-3-7-14;1-5-9-13-17(14-10-6-2,15-11-7-3)16-12-8-4/h1-13H;5-16H2,1-4H3/q-1;+1. The third-order valence-corrected chi connectivity index (χ3v) is 8.76. The first-order chi connectivity index (χ1) is 21.4. The number of quaternary nitrogens is 1. The molecule has 44 heavy (non-hydrogen) atoms. The molecule has 0 radical (unpaired) electrons. The van der Waals surface area contributed by atoms with Gasteiger partial charge in [0.1, 0.15) is 5.84 Å². The van der Waals surface area contributed by atoms with Crippen molar-refractivity contribution < 1.29 is 18.8 Å². The third-order valence-electron chi connectivity index (χ3n) is 8.76. The van der Waals surface area contributed by atoms with E-state index < -0.39 is 11.6 Å². The van der Waals surface area contributed by atoms with Crippen LogP contribution >= 0.6 is 0 Å². The molecule has 0 N–H and O–H groups in total. The van der Waals surface area contributed by atoms with Crippen LogP contribution in [-0.2, 0) is 4.76 Å². The van der Waals surface area contributed by atoms with Crippen molar-refractivity contribution in [2.45, 2.75) is 79.1 Å². The van der Waals surface area contributed by atoms with Gasteiger partial charge in [-0.05, 0) is 37.8 Å². The average Bonchev–Trinajstić information content (AvgIpc) is 3.60. The van der Waals surface area contributed by atoms with Crippen LogP contribution in [0.25, 0.3) is 0 Å². The van der Waals surface area contributed by atoms with Gasteiger partial charge in [-0.25, -0.2) is 0 Å². The second-order valence-corrected chi connectivity index (χ2v) is 12.0. The van der Waals surface area contributed by atoms with Crippen LogP contribution in [0.5, 0.6) is 5.75 Å². The fourth-order valence-corrected chi connectivity index (χ4v) is 6.21. The molecular weight excluding hydrogens is 551 g/mol. The highest BCUT2D eigenvalue weighted by atomic mass is 16.7. The zero-order valence-electron chi connectivity index (χ0n) is 27.0. The number of oxime groups is 1. The van der Waals surface area contributed by atoms with E-state index in [1.807, 2.05) is 59.4 Å². The van der Waals surface area contributed by atoms with E-state index >= 15 is 0 Å². The number of non-ortho nitro benzene ring substituents is 1. The molecule has 1 atom stereocenters. The molecule has 0 spiro atoms. The van der Waals surface area contributed by atoms with E-state index in [9.17, 15) is 10.1 Å². The number of amidine groups is 1. The first kappa shape index (κ1) is 33.1. The molecule has 9 heteroatoms.